The van der Waals surface area contributed by atoms with Gasteiger partial charge in [0.25, 0.3) is 5.91 Å². The van der Waals surface area contributed by atoms with Gasteiger partial charge in [0.05, 0.1) is 30.7 Å². The summed E-state index contributed by atoms with van der Waals surface area (Å²) in [6.45, 7) is 2.35. The number of amides is 1. The quantitative estimate of drug-likeness (QED) is 0.428. The summed E-state index contributed by atoms with van der Waals surface area (Å²) in [5.74, 6) is 0.183. The minimum absolute atomic E-state index is 0.0539. The van der Waals surface area contributed by atoms with Gasteiger partial charge in [0.1, 0.15) is 22.9 Å². The SMILES string of the molecule is CCOc1cccc(C2c3c(oc4ccc(F)cc4c3=O)C(=O)N2c2ccc(OC)cc2)c1. The molecule has 2 heterocycles. The van der Waals surface area contributed by atoms with Crippen molar-refractivity contribution in [1.82, 2.24) is 0 Å². The van der Waals surface area contributed by atoms with Crippen LogP contribution in [0.5, 0.6) is 11.5 Å². The highest BCUT2D eigenvalue weighted by atomic mass is 19.1. The molecular formula is C26H20FNO5. The van der Waals surface area contributed by atoms with E-state index in [-0.39, 0.29) is 22.3 Å². The van der Waals surface area contributed by atoms with Gasteiger partial charge < -0.3 is 13.9 Å². The Balaban J connectivity index is 1.77. The molecule has 0 N–H and O–H groups in total. The van der Waals surface area contributed by atoms with Crippen molar-refractivity contribution >= 4 is 22.6 Å². The van der Waals surface area contributed by atoms with E-state index in [0.29, 0.717) is 29.4 Å². The van der Waals surface area contributed by atoms with Crippen molar-refractivity contribution in [2.75, 3.05) is 18.6 Å². The Bertz CT molecular complexity index is 1430. The Morgan fingerprint density at radius 2 is 1.79 bits per heavy atom. The van der Waals surface area contributed by atoms with E-state index in [1.54, 1.807) is 49.6 Å². The first-order valence-corrected chi connectivity index (χ1v) is 10.5. The Kier molecular flexibility index (Phi) is 5.09. The average molecular weight is 445 g/mol. The summed E-state index contributed by atoms with van der Waals surface area (Å²) in [6.07, 6.45) is 0. The molecule has 0 spiro atoms. The Hall–Kier alpha value is -4.13. The second-order valence-corrected chi connectivity index (χ2v) is 7.60. The number of anilines is 1. The first-order valence-electron chi connectivity index (χ1n) is 10.5. The van der Waals surface area contributed by atoms with Gasteiger partial charge >= 0.3 is 0 Å². The van der Waals surface area contributed by atoms with Crippen LogP contribution in [0.15, 0.2) is 75.9 Å². The van der Waals surface area contributed by atoms with Crippen molar-refractivity contribution in [3.63, 3.8) is 0 Å². The van der Waals surface area contributed by atoms with E-state index in [4.69, 9.17) is 13.9 Å². The van der Waals surface area contributed by atoms with Crippen molar-refractivity contribution in [3.05, 3.63) is 99.7 Å². The molecule has 0 aliphatic carbocycles. The standard InChI is InChI=1S/C26H20FNO5/c1-3-32-19-6-4-5-15(13-19)23-22-24(29)20-14-16(27)7-12-21(20)33-25(22)26(30)28(23)17-8-10-18(31-2)11-9-17/h4-14,23H,3H2,1-2H3. The van der Waals surface area contributed by atoms with Gasteiger partial charge in [-0.3, -0.25) is 14.5 Å². The topological polar surface area (TPSA) is 69.0 Å². The van der Waals surface area contributed by atoms with Gasteiger partial charge in [-0.2, -0.15) is 0 Å². The van der Waals surface area contributed by atoms with Crippen LogP contribution in [0.2, 0.25) is 0 Å². The number of fused-ring (bicyclic) bond motifs is 2. The van der Waals surface area contributed by atoms with Crippen LogP contribution in [0.25, 0.3) is 11.0 Å². The lowest BCUT2D eigenvalue weighted by Gasteiger charge is -2.25. The molecule has 0 bridgehead atoms. The van der Waals surface area contributed by atoms with Crippen LogP contribution in [-0.4, -0.2) is 19.6 Å². The number of rotatable bonds is 5. The number of methoxy groups -OCH3 is 1. The minimum atomic E-state index is -0.773. The second-order valence-electron chi connectivity index (χ2n) is 7.60. The van der Waals surface area contributed by atoms with Gasteiger partial charge in [0.15, 0.2) is 5.43 Å². The zero-order valence-corrected chi connectivity index (χ0v) is 18.0. The van der Waals surface area contributed by atoms with Crippen molar-refractivity contribution in [3.8, 4) is 11.5 Å². The van der Waals surface area contributed by atoms with Crippen molar-refractivity contribution in [2.24, 2.45) is 0 Å². The predicted octanol–water partition coefficient (Wildman–Crippen LogP) is 5.09. The van der Waals surface area contributed by atoms with Gasteiger partial charge in [0.2, 0.25) is 5.76 Å². The summed E-state index contributed by atoms with van der Waals surface area (Å²) in [6, 6.07) is 17.1. The van der Waals surface area contributed by atoms with E-state index in [9.17, 15) is 14.0 Å². The van der Waals surface area contributed by atoms with E-state index < -0.39 is 23.2 Å². The fourth-order valence-corrected chi connectivity index (χ4v) is 4.21. The molecule has 1 atom stereocenters. The molecule has 1 unspecified atom stereocenters. The van der Waals surface area contributed by atoms with Crippen LogP contribution in [0.1, 0.15) is 34.6 Å². The fourth-order valence-electron chi connectivity index (χ4n) is 4.21. The lowest BCUT2D eigenvalue weighted by Crippen LogP contribution is -2.29. The molecule has 1 aromatic heterocycles. The van der Waals surface area contributed by atoms with Gasteiger partial charge in [-0.25, -0.2) is 4.39 Å². The van der Waals surface area contributed by atoms with Crippen molar-refractivity contribution in [2.45, 2.75) is 13.0 Å². The highest BCUT2D eigenvalue weighted by molar-refractivity contribution is 6.10. The Morgan fingerprint density at radius 3 is 2.52 bits per heavy atom. The molecule has 0 saturated carbocycles. The Morgan fingerprint density at radius 1 is 1.00 bits per heavy atom. The number of hydrogen-bond donors (Lipinski definition) is 0. The molecule has 1 aliphatic rings. The van der Waals surface area contributed by atoms with Crippen LogP contribution in [0.4, 0.5) is 10.1 Å². The monoisotopic (exact) mass is 445 g/mol. The van der Waals surface area contributed by atoms with Crippen LogP contribution in [-0.2, 0) is 0 Å². The van der Waals surface area contributed by atoms with Crippen LogP contribution >= 0.6 is 0 Å². The van der Waals surface area contributed by atoms with E-state index in [1.165, 1.54) is 17.0 Å². The van der Waals surface area contributed by atoms with Crippen molar-refractivity contribution < 1.29 is 23.1 Å². The maximum Gasteiger partial charge on any atom is 0.295 e. The number of carbonyl (C=O) groups excluding carboxylic acids is 1. The predicted molar refractivity (Wildman–Crippen MR) is 122 cm³/mol. The van der Waals surface area contributed by atoms with Gasteiger partial charge in [-0.1, -0.05) is 12.1 Å². The molecule has 7 heteroatoms. The highest BCUT2D eigenvalue weighted by Gasteiger charge is 2.43. The van der Waals surface area contributed by atoms with Gasteiger partial charge in [0, 0.05) is 5.69 Å². The molecule has 3 aromatic carbocycles. The number of carbonyl (C=O) groups is 1. The molecule has 1 aliphatic heterocycles. The highest BCUT2D eigenvalue weighted by Crippen LogP contribution is 2.42. The maximum atomic E-state index is 13.9. The molecule has 0 radical (unpaired) electrons. The molecule has 166 valence electrons. The number of hydrogen-bond acceptors (Lipinski definition) is 5. The number of nitrogens with zero attached hydrogens (tertiary/aromatic N) is 1. The van der Waals surface area contributed by atoms with E-state index in [1.807, 2.05) is 13.0 Å². The number of ether oxygens (including phenoxy) is 2. The molecule has 0 saturated heterocycles. The number of benzene rings is 3. The first-order chi connectivity index (χ1) is 16.0. The van der Waals surface area contributed by atoms with E-state index in [2.05, 4.69) is 0 Å². The maximum absolute atomic E-state index is 13.9. The first kappa shape index (κ1) is 20.8. The molecule has 5 rings (SSSR count). The summed E-state index contributed by atoms with van der Waals surface area (Å²) in [7, 11) is 1.56. The van der Waals surface area contributed by atoms with Crippen molar-refractivity contribution in [1.29, 1.82) is 0 Å². The van der Waals surface area contributed by atoms with Crippen LogP contribution < -0.4 is 19.8 Å². The summed E-state index contributed by atoms with van der Waals surface area (Å²) >= 11 is 0. The number of halogens is 1. The molecule has 6 nitrogen and oxygen atoms in total. The van der Waals surface area contributed by atoms with E-state index in [0.717, 1.165) is 6.07 Å². The third kappa shape index (κ3) is 3.42. The molecule has 0 fully saturated rings. The smallest absolute Gasteiger partial charge is 0.295 e. The summed E-state index contributed by atoms with van der Waals surface area (Å²) in [5.41, 5.74) is 1.12. The zero-order valence-electron chi connectivity index (χ0n) is 18.0. The average Bonchev–Trinajstić information content (AvgIpc) is 3.12. The van der Waals surface area contributed by atoms with Gasteiger partial charge in [-0.05, 0) is 67.1 Å². The molecule has 4 aromatic rings. The summed E-state index contributed by atoms with van der Waals surface area (Å²) in [5, 5.41) is 0.0871. The van der Waals surface area contributed by atoms with Gasteiger partial charge in [-0.15, -0.1) is 0 Å². The third-order valence-electron chi connectivity index (χ3n) is 5.67. The lowest BCUT2D eigenvalue weighted by molar-refractivity contribution is 0.0971. The van der Waals surface area contributed by atoms with Crippen LogP contribution in [0, 0.1) is 5.82 Å². The lowest BCUT2D eigenvalue weighted by atomic mass is 9.98. The third-order valence-corrected chi connectivity index (χ3v) is 5.67. The summed E-state index contributed by atoms with van der Waals surface area (Å²) < 4.78 is 30.7. The fraction of sp³-hybridized carbons (Fsp3) is 0.154. The largest absolute Gasteiger partial charge is 0.497 e. The molecule has 33 heavy (non-hydrogen) atoms. The summed E-state index contributed by atoms with van der Waals surface area (Å²) in [4.78, 5) is 28.6. The van der Waals surface area contributed by atoms with Crippen LogP contribution in [0.3, 0.4) is 0 Å². The Labute approximate surface area is 188 Å². The second kappa shape index (κ2) is 8.09. The zero-order chi connectivity index (χ0) is 23.1. The molecular weight excluding hydrogens is 425 g/mol. The molecule has 1 amide bonds. The normalized spacial score (nSPS) is 15.1. The minimum Gasteiger partial charge on any atom is -0.497 e. The van der Waals surface area contributed by atoms with E-state index >= 15 is 0 Å².